The first-order chi connectivity index (χ1) is 12.0. The predicted molar refractivity (Wildman–Crippen MR) is 107 cm³/mol. The summed E-state index contributed by atoms with van der Waals surface area (Å²) in [5, 5.41) is 17.3. The van der Waals surface area contributed by atoms with E-state index in [4.69, 9.17) is 17.0 Å². The molecule has 0 atom stereocenters. The van der Waals surface area contributed by atoms with Gasteiger partial charge in [0, 0.05) is 5.69 Å². The molecule has 0 radical (unpaired) electrons. The Morgan fingerprint density at radius 3 is 2.60 bits per heavy atom. The summed E-state index contributed by atoms with van der Waals surface area (Å²) in [4.78, 5) is 0. The number of ether oxygens (including phenoxy) is 1. The number of anilines is 1. The van der Waals surface area contributed by atoms with Gasteiger partial charge in [-0.05, 0) is 66.5 Å². The smallest absolute Gasteiger partial charge is 0.191 e. The second kappa shape index (κ2) is 9.03. The van der Waals surface area contributed by atoms with Crippen LogP contribution in [0.5, 0.6) is 11.5 Å². The van der Waals surface area contributed by atoms with E-state index < -0.39 is 0 Å². The third-order valence-electron chi connectivity index (χ3n) is 3.50. The summed E-state index contributed by atoms with van der Waals surface area (Å²) in [5.74, 6) is 1.03. The SMILES string of the molecule is CCOc1cc(/C=N/NC(=S)Nc2ccc(C(C)C)cc2)ccc1O. The molecule has 0 heterocycles. The van der Waals surface area contributed by atoms with E-state index in [-0.39, 0.29) is 5.75 Å². The summed E-state index contributed by atoms with van der Waals surface area (Å²) >= 11 is 5.22. The molecule has 0 bridgehead atoms. The first kappa shape index (κ1) is 18.7. The molecular weight excluding hydrogens is 334 g/mol. The number of aromatic hydroxyl groups is 1. The molecule has 6 heteroatoms. The molecule has 0 saturated carbocycles. The first-order valence-electron chi connectivity index (χ1n) is 8.15. The Labute approximate surface area is 153 Å². The molecule has 3 N–H and O–H groups in total. The van der Waals surface area contributed by atoms with Crippen LogP contribution in [0.15, 0.2) is 47.6 Å². The minimum absolute atomic E-state index is 0.106. The molecule has 2 aromatic rings. The van der Waals surface area contributed by atoms with Crippen LogP contribution in [0, 0.1) is 0 Å². The zero-order chi connectivity index (χ0) is 18.2. The van der Waals surface area contributed by atoms with E-state index in [0.29, 0.717) is 23.4 Å². The number of hydrogen-bond donors (Lipinski definition) is 3. The number of phenolic OH excluding ortho intramolecular Hbond substituents is 1. The summed E-state index contributed by atoms with van der Waals surface area (Å²) in [6, 6.07) is 13.1. The van der Waals surface area contributed by atoms with Crippen LogP contribution < -0.4 is 15.5 Å². The predicted octanol–water partition coefficient (Wildman–Crippen LogP) is 4.23. The average Bonchev–Trinajstić information content (AvgIpc) is 2.58. The van der Waals surface area contributed by atoms with E-state index in [1.165, 1.54) is 5.56 Å². The van der Waals surface area contributed by atoms with Gasteiger partial charge in [-0.1, -0.05) is 26.0 Å². The summed E-state index contributed by atoms with van der Waals surface area (Å²) in [6.45, 7) is 6.66. The third-order valence-corrected chi connectivity index (χ3v) is 3.69. The molecule has 2 aromatic carbocycles. The van der Waals surface area contributed by atoms with Gasteiger partial charge in [0.1, 0.15) is 0 Å². The molecule has 0 spiro atoms. The van der Waals surface area contributed by atoms with Crippen molar-refractivity contribution in [3.63, 3.8) is 0 Å². The molecule has 132 valence electrons. The summed E-state index contributed by atoms with van der Waals surface area (Å²) in [6.07, 6.45) is 1.61. The molecule has 5 nitrogen and oxygen atoms in total. The quantitative estimate of drug-likeness (QED) is 0.410. The van der Waals surface area contributed by atoms with E-state index in [1.54, 1.807) is 24.4 Å². The maximum Gasteiger partial charge on any atom is 0.191 e. The van der Waals surface area contributed by atoms with Crippen LogP contribution in [0.1, 0.15) is 37.8 Å². The Morgan fingerprint density at radius 1 is 1.24 bits per heavy atom. The molecule has 0 aliphatic heterocycles. The van der Waals surface area contributed by atoms with Crippen LogP contribution in [0.2, 0.25) is 0 Å². The minimum atomic E-state index is 0.106. The second-order valence-electron chi connectivity index (χ2n) is 5.76. The lowest BCUT2D eigenvalue weighted by Crippen LogP contribution is -2.23. The number of nitrogens with zero attached hydrogens (tertiary/aromatic N) is 1. The molecule has 0 aliphatic carbocycles. The molecule has 0 amide bonds. The monoisotopic (exact) mass is 357 g/mol. The molecule has 0 aliphatic rings. The maximum absolute atomic E-state index is 9.68. The average molecular weight is 357 g/mol. The highest BCUT2D eigenvalue weighted by molar-refractivity contribution is 7.80. The van der Waals surface area contributed by atoms with Crippen molar-refractivity contribution in [1.82, 2.24) is 5.43 Å². The number of phenols is 1. The topological polar surface area (TPSA) is 65.9 Å². The van der Waals surface area contributed by atoms with Crippen molar-refractivity contribution in [2.75, 3.05) is 11.9 Å². The van der Waals surface area contributed by atoms with Gasteiger partial charge in [-0.2, -0.15) is 5.10 Å². The van der Waals surface area contributed by atoms with Crippen molar-refractivity contribution in [1.29, 1.82) is 0 Å². The Morgan fingerprint density at radius 2 is 1.96 bits per heavy atom. The lowest BCUT2D eigenvalue weighted by atomic mass is 10.0. The molecular formula is C19H23N3O2S. The zero-order valence-electron chi connectivity index (χ0n) is 14.6. The van der Waals surface area contributed by atoms with Crippen LogP contribution in [0.4, 0.5) is 5.69 Å². The van der Waals surface area contributed by atoms with Crippen molar-refractivity contribution in [3.8, 4) is 11.5 Å². The highest BCUT2D eigenvalue weighted by Gasteiger charge is 2.02. The highest BCUT2D eigenvalue weighted by Crippen LogP contribution is 2.26. The van der Waals surface area contributed by atoms with Gasteiger partial charge in [0.2, 0.25) is 0 Å². The lowest BCUT2D eigenvalue weighted by Gasteiger charge is -2.09. The van der Waals surface area contributed by atoms with Gasteiger partial charge < -0.3 is 15.2 Å². The molecule has 0 fully saturated rings. The van der Waals surface area contributed by atoms with Crippen molar-refractivity contribution in [2.45, 2.75) is 26.7 Å². The van der Waals surface area contributed by atoms with Crippen molar-refractivity contribution in [2.24, 2.45) is 5.10 Å². The van der Waals surface area contributed by atoms with Crippen LogP contribution >= 0.6 is 12.2 Å². The van der Waals surface area contributed by atoms with E-state index in [0.717, 1.165) is 11.3 Å². The molecule has 25 heavy (non-hydrogen) atoms. The van der Waals surface area contributed by atoms with Crippen molar-refractivity contribution in [3.05, 3.63) is 53.6 Å². The Kier molecular flexibility index (Phi) is 6.77. The second-order valence-corrected chi connectivity index (χ2v) is 6.17. The maximum atomic E-state index is 9.68. The summed E-state index contributed by atoms with van der Waals surface area (Å²) in [5.41, 5.74) is 5.74. The zero-order valence-corrected chi connectivity index (χ0v) is 15.4. The number of benzene rings is 2. The Bertz CT molecular complexity index is 743. The van der Waals surface area contributed by atoms with Gasteiger partial charge in [0.15, 0.2) is 16.6 Å². The summed E-state index contributed by atoms with van der Waals surface area (Å²) in [7, 11) is 0. The van der Waals surface area contributed by atoms with Gasteiger partial charge in [-0.15, -0.1) is 0 Å². The number of rotatable bonds is 6. The standard InChI is InChI=1S/C19H23N3O2S/c1-4-24-18-11-14(5-10-17(18)23)12-20-22-19(25)21-16-8-6-15(7-9-16)13(2)3/h5-13,23H,4H2,1-3H3,(H2,21,22,25)/b20-12+. The van der Waals surface area contributed by atoms with Crippen LogP contribution in [0.3, 0.4) is 0 Å². The highest BCUT2D eigenvalue weighted by atomic mass is 32.1. The van der Waals surface area contributed by atoms with Gasteiger partial charge in [-0.25, -0.2) is 0 Å². The fourth-order valence-electron chi connectivity index (χ4n) is 2.16. The molecule has 0 saturated heterocycles. The number of hydrazone groups is 1. The van der Waals surface area contributed by atoms with Gasteiger partial charge in [0.05, 0.1) is 12.8 Å². The fraction of sp³-hybridized carbons (Fsp3) is 0.263. The molecule has 0 aromatic heterocycles. The lowest BCUT2D eigenvalue weighted by molar-refractivity contribution is 0.318. The van der Waals surface area contributed by atoms with Crippen molar-refractivity contribution >= 4 is 29.2 Å². The Balaban J connectivity index is 1.91. The number of thiocarbonyl (C=S) groups is 1. The van der Waals surface area contributed by atoms with E-state index in [9.17, 15) is 5.11 Å². The van der Waals surface area contributed by atoms with E-state index in [1.807, 2.05) is 19.1 Å². The first-order valence-corrected chi connectivity index (χ1v) is 8.56. The van der Waals surface area contributed by atoms with Gasteiger partial charge in [0.25, 0.3) is 0 Å². The number of hydrogen-bond acceptors (Lipinski definition) is 4. The van der Waals surface area contributed by atoms with Crippen LogP contribution in [0.25, 0.3) is 0 Å². The Hall–Kier alpha value is -2.60. The fourth-order valence-corrected chi connectivity index (χ4v) is 2.33. The van der Waals surface area contributed by atoms with Crippen LogP contribution in [-0.4, -0.2) is 23.0 Å². The third kappa shape index (κ3) is 5.76. The molecule has 2 rings (SSSR count). The number of nitrogens with one attached hydrogen (secondary N) is 2. The van der Waals surface area contributed by atoms with Crippen molar-refractivity contribution < 1.29 is 9.84 Å². The van der Waals surface area contributed by atoms with Gasteiger partial charge >= 0.3 is 0 Å². The minimum Gasteiger partial charge on any atom is -0.504 e. The van der Waals surface area contributed by atoms with E-state index in [2.05, 4.69) is 41.8 Å². The molecule has 0 unspecified atom stereocenters. The van der Waals surface area contributed by atoms with Gasteiger partial charge in [-0.3, -0.25) is 5.43 Å². The van der Waals surface area contributed by atoms with Crippen LogP contribution in [-0.2, 0) is 0 Å². The normalized spacial score (nSPS) is 10.9. The largest absolute Gasteiger partial charge is 0.504 e. The summed E-state index contributed by atoms with van der Waals surface area (Å²) < 4.78 is 5.34. The van der Waals surface area contributed by atoms with E-state index >= 15 is 0 Å².